The number of carbonyl (C=O) groups excluding carboxylic acids is 1. The van der Waals surface area contributed by atoms with Crippen LogP contribution in [0.3, 0.4) is 0 Å². The summed E-state index contributed by atoms with van der Waals surface area (Å²) in [7, 11) is 0. The van der Waals surface area contributed by atoms with Crippen LogP contribution in [-0.4, -0.2) is 12.5 Å². The highest BCUT2D eigenvalue weighted by atomic mass is 19.1. The fourth-order valence-electron chi connectivity index (χ4n) is 1.80. The number of nitrogen functional groups attached to an aromatic ring is 1. The third kappa shape index (κ3) is 3.55. The summed E-state index contributed by atoms with van der Waals surface area (Å²) in [6, 6.07) is 13.6. The smallest absolute Gasteiger partial charge is 0.253 e. The van der Waals surface area contributed by atoms with E-state index < -0.39 is 5.82 Å². The molecule has 2 aromatic carbocycles. The van der Waals surface area contributed by atoms with Crippen molar-refractivity contribution in [2.24, 2.45) is 0 Å². The number of benzene rings is 2. The molecule has 0 fully saturated rings. The first-order valence-electron chi connectivity index (χ1n) is 6.04. The summed E-state index contributed by atoms with van der Waals surface area (Å²) in [5.41, 5.74) is 7.20. The van der Waals surface area contributed by atoms with Crippen molar-refractivity contribution in [1.82, 2.24) is 5.32 Å². The van der Waals surface area contributed by atoms with E-state index in [2.05, 4.69) is 5.32 Å². The Kier molecular flexibility index (Phi) is 4.13. The Morgan fingerprint density at radius 3 is 2.58 bits per heavy atom. The first kappa shape index (κ1) is 13.1. The number of nitrogens with one attached hydrogen (secondary N) is 1. The quantitative estimate of drug-likeness (QED) is 0.827. The van der Waals surface area contributed by atoms with Crippen molar-refractivity contribution in [3.63, 3.8) is 0 Å². The lowest BCUT2D eigenvalue weighted by molar-refractivity contribution is 0.0955. The Morgan fingerprint density at radius 2 is 1.89 bits per heavy atom. The minimum Gasteiger partial charge on any atom is -0.398 e. The van der Waals surface area contributed by atoms with Gasteiger partial charge in [-0.3, -0.25) is 4.79 Å². The molecular formula is C15H15FN2O. The van der Waals surface area contributed by atoms with Crippen molar-refractivity contribution >= 4 is 11.6 Å². The van der Waals surface area contributed by atoms with E-state index in [1.54, 1.807) is 0 Å². The lowest BCUT2D eigenvalue weighted by Gasteiger charge is -2.07. The molecule has 3 N–H and O–H groups in total. The van der Waals surface area contributed by atoms with Crippen LogP contribution in [0.5, 0.6) is 0 Å². The SMILES string of the molecule is Nc1cc(F)ccc1C(=O)NCCc1ccccc1. The van der Waals surface area contributed by atoms with Gasteiger partial charge in [0, 0.05) is 12.2 Å². The second-order valence-electron chi connectivity index (χ2n) is 4.22. The lowest BCUT2D eigenvalue weighted by Crippen LogP contribution is -2.26. The predicted molar refractivity (Wildman–Crippen MR) is 73.3 cm³/mol. The summed E-state index contributed by atoms with van der Waals surface area (Å²) in [5, 5.41) is 2.77. The molecule has 3 nitrogen and oxygen atoms in total. The van der Waals surface area contributed by atoms with E-state index in [9.17, 15) is 9.18 Å². The standard InChI is InChI=1S/C15H15FN2O/c16-12-6-7-13(14(17)10-12)15(19)18-9-8-11-4-2-1-3-5-11/h1-7,10H,8-9,17H2,(H,18,19). The fraction of sp³-hybridized carbons (Fsp3) is 0.133. The van der Waals surface area contributed by atoms with Gasteiger partial charge in [0.2, 0.25) is 0 Å². The number of amides is 1. The fourth-order valence-corrected chi connectivity index (χ4v) is 1.80. The maximum Gasteiger partial charge on any atom is 0.253 e. The molecule has 1 amide bonds. The average Bonchev–Trinajstić information content (AvgIpc) is 2.39. The highest BCUT2D eigenvalue weighted by Crippen LogP contribution is 2.13. The Hall–Kier alpha value is -2.36. The van der Waals surface area contributed by atoms with Gasteiger partial charge < -0.3 is 11.1 Å². The van der Waals surface area contributed by atoms with Crippen LogP contribution >= 0.6 is 0 Å². The zero-order valence-corrected chi connectivity index (χ0v) is 10.4. The largest absolute Gasteiger partial charge is 0.398 e. The number of hydrogen-bond donors (Lipinski definition) is 2. The molecule has 0 spiro atoms. The van der Waals surface area contributed by atoms with E-state index in [1.807, 2.05) is 30.3 Å². The van der Waals surface area contributed by atoms with Gasteiger partial charge in [0.25, 0.3) is 5.91 Å². The topological polar surface area (TPSA) is 55.1 Å². The second kappa shape index (κ2) is 6.00. The van der Waals surface area contributed by atoms with Gasteiger partial charge in [0.15, 0.2) is 0 Å². The summed E-state index contributed by atoms with van der Waals surface area (Å²) >= 11 is 0. The molecule has 2 rings (SSSR count). The van der Waals surface area contributed by atoms with Gasteiger partial charge in [-0.2, -0.15) is 0 Å². The summed E-state index contributed by atoms with van der Waals surface area (Å²) in [4.78, 5) is 11.9. The molecular weight excluding hydrogens is 243 g/mol. The average molecular weight is 258 g/mol. The molecule has 4 heteroatoms. The van der Waals surface area contributed by atoms with Gasteiger partial charge in [-0.1, -0.05) is 30.3 Å². The maximum atomic E-state index is 12.9. The molecule has 0 bridgehead atoms. The number of anilines is 1. The van der Waals surface area contributed by atoms with Crippen molar-refractivity contribution in [1.29, 1.82) is 0 Å². The highest BCUT2D eigenvalue weighted by molar-refractivity contribution is 5.99. The van der Waals surface area contributed by atoms with E-state index in [0.717, 1.165) is 18.1 Å². The summed E-state index contributed by atoms with van der Waals surface area (Å²) in [6.07, 6.45) is 0.744. The summed E-state index contributed by atoms with van der Waals surface area (Å²) in [6.45, 7) is 0.514. The number of hydrogen-bond acceptors (Lipinski definition) is 2. The van der Waals surface area contributed by atoms with Crippen molar-refractivity contribution in [2.45, 2.75) is 6.42 Å². The molecule has 0 unspecified atom stereocenters. The van der Waals surface area contributed by atoms with E-state index in [0.29, 0.717) is 12.1 Å². The van der Waals surface area contributed by atoms with E-state index >= 15 is 0 Å². The molecule has 0 saturated carbocycles. The molecule has 0 radical (unpaired) electrons. The number of rotatable bonds is 4. The van der Waals surface area contributed by atoms with Crippen LogP contribution in [0.15, 0.2) is 48.5 Å². The Bertz CT molecular complexity index is 570. The van der Waals surface area contributed by atoms with Crippen molar-refractivity contribution in [3.8, 4) is 0 Å². The summed E-state index contributed by atoms with van der Waals surface area (Å²) < 4.78 is 12.9. The van der Waals surface area contributed by atoms with Gasteiger partial charge >= 0.3 is 0 Å². The zero-order chi connectivity index (χ0) is 13.7. The van der Waals surface area contributed by atoms with Crippen LogP contribution in [0, 0.1) is 5.82 Å². The minimum atomic E-state index is -0.446. The molecule has 0 saturated heterocycles. The minimum absolute atomic E-state index is 0.150. The monoisotopic (exact) mass is 258 g/mol. The Labute approximate surface area is 111 Å². The third-order valence-corrected chi connectivity index (χ3v) is 2.80. The lowest BCUT2D eigenvalue weighted by atomic mass is 10.1. The second-order valence-corrected chi connectivity index (χ2v) is 4.22. The number of nitrogens with two attached hydrogens (primary N) is 1. The molecule has 19 heavy (non-hydrogen) atoms. The molecule has 2 aromatic rings. The van der Waals surface area contributed by atoms with Crippen molar-refractivity contribution < 1.29 is 9.18 Å². The number of carbonyl (C=O) groups is 1. The van der Waals surface area contributed by atoms with Crippen LogP contribution in [0.1, 0.15) is 15.9 Å². The molecule has 98 valence electrons. The normalized spacial score (nSPS) is 10.2. The first-order valence-corrected chi connectivity index (χ1v) is 6.04. The van der Waals surface area contributed by atoms with Crippen LogP contribution in [0.2, 0.25) is 0 Å². The zero-order valence-electron chi connectivity index (χ0n) is 10.4. The van der Waals surface area contributed by atoms with E-state index in [-0.39, 0.29) is 11.6 Å². The molecule has 0 aliphatic carbocycles. The first-order chi connectivity index (χ1) is 9.16. The Morgan fingerprint density at radius 1 is 1.16 bits per heavy atom. The van der Waals surface area contributed by atoms with Crippen molar-refractivity contribution in [2.75, 3.05) is 12.3 Å². The molecule has 0 aromatic heterocycles. The van der Waals surface area contributed by atoms with Gasteiger partial charge in [-0.25, -0.2) is 4.39 Å². The Balaban J connectivity index is 1.91. The molecule has 0 aliphatic heterocycles. The molecule has 0 heterocycles. The number of halogens is 1. The highest BCUT2D eigenvalue weighted by Gasteiger charge is 2.09. The molecule has 0 atom stereocenters. The van der Waals surface area contributed by atoms with Crippen LogP contribution in [0.4, 0.5) is 10.1 Å². The van der Waals surface area contributed by atoms with Crippen LogP contribution < -0.4 is 11.1 Å². The molecule has 0 aliphatic rings. The van der Waals surface area contributed by atoms with Crippen LogP contribution in [0.25, 0.3) is 0 Å². The third-order valence-electron chi connectivity index (χ3n) is 2.80. The van der Waals surface area contributed by atoms with Gasteiger partial charge in [0.1, 0.15) is 5.82 Å². The predicted octanol–water partition coefficient (Wildman–Crippen LogP) is 2.38. The maximum absolute atomic E-state index is 12.9. The van der Waals surface area contributed by atoms with Gasteiger partial charge in [-0.05, 0) is 30.2 Å². The van der Waals surface area contributed by atoms with E-state index in [4.69, 9.17) is 5.73 Å². The van der Waals surface area contributed by atoms with Gasteiger partial charge in [0.05, 0.1) is 5.56 Å². The van der Waals surface area contributed by atoms with Crippen LogP contribution in [-0.2, 0) is 6.42 Å². The van der Waals surface area contributed by atoms with Gasteiger partial charge in [-0.15, -0.1) is 0 Å². The summed E-state index contributed by atoms with van der Waals surface area (Å²) in [5.74, 6) is -0.730. The van der Waals surface area contributed by atoms with Crippen molar-refractivity contribution in [3.05, 3.63) is 65.5 Å². The van der Waals surface area contributed by atoms with E-state index in [1.165, 1.54) is 12.1 Å².